The maximum Gasteiger partial charge on any atom is 0.451 e. The first-order valence-electron chi connectivity index (χ1n) is 6.06. The van der Waals surface area contributed by atoms with Crippen molar-refractivity contribution in [1.82, 2.24) is 14.3 Å². The van der Waals surface area contributed by atoms with Crippen LogP contribution in [0.4, 0.5) is 18.9 Å². The summed E-state index contributed by atoms with van der Waals surface area (Å²) in [5, 5.41) is 5.74. The van der Waals surface area contributed by atoms with Gasteiger partial charge in [0.1, 0.15) is 6.54 Å². The van der Waals surface area contributed by atoms with Gasteiger partial charge in [0, 0.05) is 7.05 Å². The third-order valence-corrected chi connectivity index (χ3v) is 3.63. The van der Waals surface area contributed by atoms with Crippen molar-refractivity contribution in [2.45, 2.75) is 12.7 Å². The fraction of sp³-hybridized carbons (Fsp3) is 0.250. The average Bonchev–Trinajstić information content (AvgIpc) is 2.72. The van der Waals surface area contributed by atoms with Crippen molar-refractivity contribution in [1.29, 1.82) is 0 Å². The summed E-state index contributed by atoms with van der Waals surface area (Å²) in [5.74, 6) is -2.17. The largest absolute Gasteiger partial charge is 0.451 e. The summed E-state index contributed by atoms with van der Waals surface area (Å²) in [6, 6.07) is 4.48. The molecule has 2 rings (SSSR count). The van der Waals surface area contributed by atoms with E-state index in [1.807, 2.05) is 0 Å². The molecule has 0 radical (unpaired) electrons. The number of hydrogen-bond donors (Lipinski definition) is 1. The Bertz CT molecular complexity index is 814. The molecule has 1 amide bonds. The van der Waals surface area contributed by atoms with E-state index < -0.39 is 30.1 Å². The first kappa shape index (κ1) is 17.4. The summed E-state index contributed by atoms with van der Waals surface area (Å²) < 4.78 is 38.7. The molecule has 1 aromatic carbocycles. The van der Waals surface area contributed by atoms with Crippen LogP contribution in [-0.4, -0.2) is 20.3 Å². The quantitative estimate of drug-likeness (QED) is 0.904. The predicted octanol–water partition coefficient (Wildman–Crippen LogP) is 2.55. The lowest BCUT2D eigenvalue weighted by atomic mass is 10.3. The molecule has 0 unspecified atom stereocenters. The second-order valence-corrected chi connectivity index (χ2v) is 5.26. The number of halogens is 5. The summed E-state index contributed by atoms with van der Waals surface area (Å²) in [6.07, 6.45) is -4.80. The summed E-state index contributed by atoms with van der Waals surface area (Å²) in [7, 11) is 0.917. The van der Waals surface area contributed by atoms with Crippen LogP contribution in [0.2, 0.25) is 10.0 Å². The first-order valence-corrected chi connectivity index (χ1v) is 6.81. The number of nitrogens with zero attached hydrogens (tertiary/aromatic N) is 3. The van der Waals surface area contributed by atoms with E-state index in [1.54, 1.807) is 0 Å². The summed E-state index contributed by atoms with van der Waals surface area (Å²) in [5.41, 5.74) is -0.895. The Morgan fingerprint density at radius 3 is 2.57 bits per heavy atom. The van der Waals surface area contributed by atoms with Gasteiger partial charge in [0.25, 0.3) is 0 Å². The van der Waals surface area contributed by atoms with E-state index in [4.69, 9.17) is 23.2 Å². The van der Waals surface area contributed by atoms with Crippen LogP contribution in [0.3, 0.4) is 0 Å². The third-order valence-electron chi connectivity index (χ3n) is 2.81. The highest BCUT2D eigenvalue weighted by Gasteiger charge is 2.38. The van der Waals surface area contributed by atoms with Crippen LogP contribution in [0.15, 0.2) is 23.0 Å². The first-order chi connectivity index (χ1) is 10.6. The highest BCUT2D eigenvalue weighted by atomic mass is 35.5. The lowest BCUT2D eigenvalue weighted by Gasteiger charge is -2.07. The number of carbonyl (C=O) groups is 1. The molecule has 124 valence electrons. The molecule has 0 fully saturated rings. The molecule has 1 aromatic heterocycles. The molecule has 1 heterocycles. The van der Waals surface area contributed by atoms with Crippen molar-refractivity contribution in [2.24, 2.45) is 7.05 Å². The number of amides is 1. The predicted molar refractivity (Wildman–Crippen MR) is 77.6 cm³/mol. The Kier molecular flexibility index (Phi) is 4.71. The maximum atomic E-state index is 12.7. The zero-order valence-corrected chi connectivity index (χ0v) is 13.0. The Morgan fingerprint density at radius 1 is 1.35 bits per heavy atom. The molecule has 0 aliphatic rings. The monoisotopic (exact) mass is 368 g/mol. The van der Waals surface area contributed by atoms with Crippen LogP contribution in [0.25, 0.3) is 0 Å². The van der Waals surface area contributed by atoms with Crippen molar-refractivity contribution in [3.63, 3.8) is 0 Å². The smallest absolute Gasteiger partial charge is 0.323 e. The van der Waals surface area contributed by atoms with Crippen molar-refractivity contribution < 1.29 is 18.0 Å². The number of anilines is 1. The maximum absolute atomic E-state index is 12.7. The molecule has 0 spiro atoms. The minimum Gasteiger partial charge on any atom is -0.323 e. The van der Waals surface area contributed by atoms with Gasteiger partial charge in [-0.1, -0.05) is 29.3 Å². The van der Waals surface area contributed by atoms with Crippen LogP contribution in [0.1, 0.15) is 5.82 Å². The fourth-order valence-corrected chi connectivity index (χ4v) is 2.11. The molecular weight excluding hydrogens is 360 g/mol. The molecule has 6 nitrogen and oxygen atoms in total. The second kappa shape index (κ2) is 6.25. The highest BCUT2D eigenvalue weighted by Crippen LogP contribution is 2.29. The van der Waals surface area contributed by atoms with Crippen LogP contribution in [0.5, 0.6) is 0 Å². The molecule has 1 N–H and O–H groups in total. The molecule has 2 aromatic rings. The Hall–Kier alpha value is -2.00. The van der Waals surface area contributed by atoms with E-state index in [1.165, 1.54) is 18.2 Å². The SMILES string of the molecule is Cn1c(C(F)(F)F)nn(CC(=O)Nc2cccc(Cl)c2Cl)c1=O. The van der Waals surface area contributed by atoms with Crippen LogP contribution < -0.4 is 11.0 Å². The molecule has 11 heteroatoms. The number of carbonyl (C=O) groups excluding carboxylic acids is 1. The summed E-state index contributed by atoms with van der Waals surface area (Å²) >= 11 is 11.7. The topological polar surface area (TPSA) is 68.9 Å². The van der Waals surface area contributed by atoms with E-state index in [0.29, 0.717) is 9.25 Å². The minimum absolute atomic E-state index is 0.0758. The molecule has 0 saturated carbocycles. The number of nitrogens with one attached hydrogen (secondary N) is 1. The Balaban J connectivity index is 2.21. The number of hydrogen-bond acceptors (Lipinski definition) is 3. The van der Waals surface area contributed by atoms with Crippen LogP contribution in [-0.2, 0) is 24.6 Å². The number of alkyl halides is 3. The van der Waals surface area contributed by atoms with Crippen molar-refractivity contribution >= 4 is 34.8 Å². The lowest BCUT2D eigenvalue weighted by molar-refractivity contribution is -0.147. The average molecular weight is 369 g/mol. The minimum atomic E-state index is -4.80. The standard InChI is InChI=1S/C12H9Cl2F3N4O2/c1-20-10(12(15,16)17)19-21(11(20)23)5-8(22)18-7-4-2-3-6(13)9(7)14/h2-4H,5H2,1H3,(H,18,22). The fourth-order valence-electron chi connectivity index (χ4n) is 1.76. The van der Waals surface area contributed by atoms with E-state index in [2.05, 4.69) is 10.4 Å². The van der Waals surface area contributed by atoms with Gasteiger partial charge in [0.2, 0.25) is 11.7 Å². The number of rotatable bonds is 3. The number of aromatic nitrogens is 3. The Labute approximate surface area is 137 Å². The van der Waals surface area contributed by atoms with Crippen molar-refractivity contribution in [2.75, 3.05) is 5.32 Å². The van der Waals surface area contributed by atoms with Gasteiger partial charge in [-0.15, -0.1) is 5.10 Å². The van der Waals surface area contributed by atoms with E-state index in [-0.39, 0.29) is 15.7 Å². The van der Waals surface area contributed by atoms with Crippen molar-refractivity contribution in [3.8, 4) is 0 Å². The normalized spacial score (nSPS) is 11.6. The molecule has 0 saturated heterocycles. The van der Waals surface area contributed by atoms with Gasteiger partial charge in [-0.3, -0.25) is 9.36 Å². The van der Waals surface area contributed by atoms with Crippen LogP contribution in [0, 0.1) is 0 Å². The lowest BCUT2D eigenvalue weighted by Crippen LogP contribution is -2.29. The van der Waals surface area contributed by atoms with Gasteiger partial charge in [-0.05, 0) is 12.1 Å². The molecule has 0 bridgehead atoms. The highest BCUT2D eigenvalue weighted by molar-refractivity contribution is 6.43. The van der Waals surface area contributed by atoms with Gasteiger partial charge in [0.15, 0.2) is 0 Å². The van der Waals surface area contributed by atoms with Crippen LogP contribution >= 0.6 is 23.2 Å². The Morgan fingerprint density at radius 2 is 2.00 bits per heavy atom. The molecule has 23 heavy (non-hydrogen) atoms. The van der Waals surface area contributed by atoms with E-state index >= 15 is 0 Å². The van der Waals surface area contributed by atoms with E-state index in [9.17, 15) is 22.8 Å². The van der Waals surface area contributed by atoms with Gasteiger partial charge in [-0.25, -0.2) is 9.48 Å². The second-order valence-electron chi connectivity index (χ2n) is 4.47. The zero-order valence-electron chi connectivity index (χ0n) is 11.5. The summed E-state index contributed by atoms with van der Waals surface area (Å²) in [6.45, 7) is -0.703. The zero-order chi connectivity index (χ0) is 17.4. The van der Waals surface area contributed by atoms with Gasteiger partial charge >= 0.3 is 11.9 Å². The van der Waals surface area contributed by atoms with Gasteiger partial charge in [-0.2, -0.15) is 13.2 Å². The molecule has 0 aliphatic carbocycles. The van der Waals surface area contributed by atoms with E-state index in [0.717, 1.165) is 7.05 Å². The van der Waals surface area contributed by atoms with Gasteiger partial charge in [0.05, 0.1) is 15.7 Å². The third kappa shape index (κ3) is 3.67. The van der Waals surface area contributed by atoms with Gasteiger partial charge < -0.3 is 5.32 Å². The summed E-state index contributed by atoms with van der Waals surface area (Å²) in [4.78, 5) is 23.5. The number of benzene rings is 1. The molecule has 0 atom stereocenters. The van der Waals surface area contributed by atoms with Crippen molar-refractivity contribution in [3.05, 3.63) is 44.6 Å². The molecular formula is C12H9Cl2F3N4O2. The molecule has 0 aliphatic heterocycles.